The molecule has 1 aromatic carbocycles. The van der Waals surface area contributed by atoms with Crippen molar-refractivity contribution in [2.45, 2.75) is 6.92 Å². The van der Waals surface area contributed by atoms with Crippen molar-refractivity contribution in [3.8, 4) is 0 Å². The van der Waals surface area contributed by atoms with Crippen LogP contribution >= 0.6 is 0 Å². The molecule has 1 aliphatic heterocycles. The van der Waals surface area contributed by atoms with Crippen LogP contribution in [0.3, 0.4) is 0 Å². The molecule has 1 N–H and O–H groups in total. The third-order valence-electron chi connectivity index (χ3n) is 2.85. The Hall–Kier alpha value is -1.61. The minimum atomic E-state index is -0.0131. The van der Waals surface area contributed by atoms with E-state index >= 15 is 0 Å². The maximum absolute atomic E-state index is 12.0. The van der Waals surface area contributed by atoms with Crippen molar-refractivity contribution >= 4 is 11.6 Å². The van der Waals surface area contributed by atoms with E-state index < -0.39 is 0 Å². The summed E-state index contributed by atoms with van der Waals surface area (Å²) in [6.45, 7) is 6.44. The first-order valence-electron chi connectivity index (χ1n) is 5.36. The molecule has 3 heteroatoms. The van der Waals surface area contributed by atoms with E-state index in [0.29, 0.717) is 12.1 Å². The number of carbonyl (C=O) groups excluding carboxylic acids is 1. The van der Waals surface area contributed by atoms with Gasteiger partial charge in [0.1, 0.15) is 0 Å². The normalized spacial score (nSPS) is 16.5. The van der Waals surface area contributed by atoms with E-state index in [1.807, 2.05) is 31.2 Å². The van der Waals surface area contributed by atoms with E-state index in [1.54, 1.807) is 4.90 Å². The molecule has 1 heterocycles. The molecule has 1 amide bonds. The van der Waals surface area contributed by atoms with Crippen molar-refractivity contribution in [2.75, 3.05) is 13.2 Å². The van der Waals surface area contributed by atoms with Crippen molar-refractivity contribution in [1.29, 1.82) is 0 Å². The van der Waals surface area contributed by atoms with Crippen LogP contribution in [0.25, 0.3) is 5.70 Å². The summed E-state index contributed by atoms with van der Waals surface area (Å²) in [7, 11) is 0. The number of hydrogen-bond acceptors (Lipinski definition) is 2. The Labute approximate surface area is 95.0 Å². The van der Waals surface area contributed by atoms with E-state index in [2.05, 4.69) is 6.58 Å². The number of hydrogen-bond donors (Lipinski definition) is 1. The number of benzene rings is 1. The average Bonchev–Trinajstić information content (AvgIpc) is 2.55. The molecule has 0 fully saturated rings. The van der Waals surface area contributed by atoms with Gasteiger partial charge in [0.05, 0.1) is 0 Å². The number of carbonyl (C=O) groups is 1. The molecule has 0 bridgehead atoms. The zero-order valence-electron chi connectivity index (χ0n) is 9.31. The minimum Gasteiger partial charge on any atom is -0.396 e. The van der Waals surface area contributed by atoms with Gasteiger partial charge in [-0.05, 0) is 12.0 Å². The average molecular weight is 217 g/mol. The molecule has 0 saturated carbocycles. The first-order chi connectivity index (χ1) is 7.65. The first-order valence-corrected chi connectivity index (χ1v) is 5.36. The van der Waals surface area contributed by atoms with Gasteiger partial charge in [-0.25, -0.2) is 0 Å². The Morgan fingerprint density at radius 1 is 1.38 bits per heavy atom. The molecule has 1 aliphatic rings. The van der Waals surface area contributed by atoms with Gasteiger partial charge in [0, 0.05) is 30.0 Å². The predicted octanol–water partition coefficient (Wildman–Crippen LogP) is 1.74. The molecule has 1 unspecified atom stereocenters. The summed E-state index contributed by atoms with van der Waals surface area (Å²) in [6.07, 6.45) is 0. The lowest BCUT2D eigenvalue weighted by Gasteiger charge is -2.20. The molecule has 0 saturated heterocycles. The SMILES string of the molecule is C=C1c2ccccc2C(=O)N1CC(C)CO. The number of aliphatic hydroxyl groups is 1. The highest BCUT2D eigenvalue weighted by Gasteiger charge is 2.30. The smallest absolute Gasteiger partial charge is 0.258 e. The van der Waals surface area contributed by atoms with Crippen LogP contribution in [-0.4, -0.2) is 29.1 Å². The predicted molar refractivity (Wildman–Crippen MR) is 62.8 cm³/mol. The van der Waals surface area contributed by atoms with Crippen LogP contribution in [-0.2, 0) is 0 Å². The zero-order chi connectivity index (χ0) is 11.7. The molecule has 0 spiro atoms. The fourth-order valence-electron chi connectivity index (χ4n) is 1.90. The Morgan fingerprint density at radius 2 is 2.00 bits per heavy atom. The van der Waals surface area contributed by atoms with Gasteiger partial charge in [0.25, 0.3) is 5.91 Å². The zero-order valence-corrected chi connectivity index (χ0v) is 9.31. The largest absolute Gasteiger partial charge is 0.396 e. The molecule has 0 radical (unpaired) electrons. The third kappa shape index (κ3) is 1.63. The van der Waals surface area contributed by atoms with E-state index in [-0.39, 0.29) is 18.4 Å². The van der Waals surface area contributed by atoms with E-state index in [9.17, 15) is 4.79 Å². The molecule has 3 nitrogen and oxygen atoms in total. The second-order valence-corrected chi connectivity index (χ2v) is 4.20. The third-order valence-corrected chi connectivity index (χ3v) is 2.85. The Balaban J connectivity index is 2.28. The van der Waals surface area contributed by atoms with E-state index in [1.165, 1.54) is 0 Å². The summed E-state index contributed by atoms with van der Waals surface area (Å²) in [5, 5.41) is 9.02. The number of aliphatic hydroxyl groups excluding tert-OH is 1. The highest BCUT2D eigenvalue weighted by atomic mass is 16.3. The molecular formula is C13H15NO2. The molecule has 0 aromatic heterocycles. The van der Waals surface area contributed by atoms with Gasteiger partial charge in [0.15, 0.2) is 0 Å². The minimum absolute atomic E-state index is 0.0131. The van der Waals surface area contributed by atoms with Crippen LogP contribution in [0.5, 0.6) is 0 Å². The van der Waals surface area contributed by atoms with Gasteiger partial charge >= 0.3 is 0 Å². The lowest BCUT2D eigenvalue weighted by Crippen LogP contribution is -2.29. The molecular weight excluding hydrogens is 202 g/mol. The molecule has 2 rings (SSSR count). The highest BCUT2D eigenvalue weighted by molar-refractivity contribution is 6.08. The van der Waals surface area contributed by atoms with Crippen LogP contribution in [0.4, 0.5) is 0 Å². The second kappa shape index (κ2) is 4.10. The highest BCUT2D eigenvalue weighted by Crippen LogP contribution is 2.31. The molecule has 16 heavy (non-hydrogen) atoms. The summed E-state index contributed by atoms with van der Waals surface area (Å²) >= 11 is 0. The Bertz CT molecular complexity index is 404. The van der Waals surface area contributed by atoms with Gasteiger partial charge in [-0.2, -0.15) is 0 Å². The van der Waals surface area contributed by atoms with Gasteiger partial charge < -0.3 is 10.0 Å². The number of fused-ring (bicyclic) bond motifs is 1. The van der Waals surface area contributed by atoms with E-state index in [4.69, 9.17) is 5.11 Å². The summed E-state index contributed by atoms with van der Waals surface area (Å²) in [5.41, 5.74) is 2.34. The van der Waals surface area contributed by atoms with E-state index in [0.717, 1.165) is 11.3 Å². The Morgan fingerprint density at radius 3 is 2.56 bits per heavy atom. The van der Waals surface area contributed by atoms with Crippen molar-refractivity contribution in [3.05, 3.63) is 42.0 Å². The lowest BCUT2D eigenvalue weighted by atomic mass is 10.1. The fraction of sp³-hybridized carbons (Fsp3) is 0.308. The molecule has 1 atom stereocenters. The summed E-state index contributed by atoms with van der Waals surface area (Å²) in [5.74, 6) is 0.0518. The fourth-order valence-corrected chi connectivity index (χ4v) is 1.90. The van der Waals surface area contributed by atoms with Crippen LogP contribution in [0, 0.1) is 5.92 Å². The maximum Gasteiger partial charge on any atom is 0.258 e. The quantitative estimate of drug-likeness (QED) is 0.837. The van der Waals surface area contributed by atoms with Crippen LogP contribution in [0.15, 0.2) is 30.8 Å². The second-order valence-electron chi connectivity index (χ2n) is 4.20. The number of rotatable bonds is 3. The monoisotopic (exact) mass is 217 g/mol. The van der Waals surface area contributed by atoms with Crippen LogP contribution in [0.2, 0.25) is 0 Å². The van der Waals surface area contributed by atoms with Gasteiger partial charge in [0.2, 0.25) is 0 Å². The topological polar surface area (TPSA) is 40.5 Å². The van der Waals surface area contributed by atoms with Crippen LogP contribution < -0.4 is 0 Å². The number of amides is 1. The summed E-state index contributed by atoms with van der Waals surface area (Å²) < 4.78 is 0. The molecule has 84 valence electrons. The van der Waals surface area contributed by atoms with Gasteiger partial charge in [-0.3, -0.25) is 4.79 Å². The summed E-state index contributed by atoms with van der Waals surface area (Å²) in [6, 6.07) is 7.46. The van der Waals surface area contributed by atoms with Crippen molar-refractivity contribution in [1.82, 2.24) is 4.90 Å². The van der Waals surface area contributed by atoms with Gasteiger partial charge in [-0.1, -0.05) is 31.7 Å². The standard InChI is InChI=1S/C13H15NO2/c1-9(8-15)7-14-10(2)11-5-3-4-6-12(11)13(14)16/h3-6,9,15H,2,7-8H2,1H3. The molecule has 0 aliphatic carbocycles. The van der Waals surface area contributed by atoms with Crippen LogP contribution in [0.1, 0.15) is 22.8 Å². The number of nitrogens with zero attached hydrogens (tertiary/aromatic N) is 1. The Kier molecular flexibility index (Phi) is 2.79. The van der Waals surface area contributed by atoms with Crippen molar-refractivity contribution < 1.29 is 9.90 Å². The first kappa shape index (κ1) is 10.9. The van der Waals surface area contributed by atoms with Gasteiger partial charge in [-0.15, -0.1) is 0 Å². The lowest BCUT2D eigenvalue weighted by molar-refractivity contribution is 0.0821. The van der Waals surface area contributed by atoms with Crippen molar-refractivity contribution in [2.24, 2.45) is 5.92 Å². The maximum atomic E-state index is 12.0. The van der Waals surface area contributed by atoms with Crippen molar-refractivity contribution in [3.63, 3.8) is 0 Å². The summed E-state index contributed by atoms with van der Waals surface area (Å²) in [4.78, 5) is 13.7. The molecule has 1 aromatic rings.